The first-order chi connectivity index (χ1) is 18.3. The molecule has 0 aromatic rings. The van der Waals surface area contributed by atoms with Gasteiger partial charge in [-0.25, -0.2) is 9.79 Å². The van der Waals surface area contributed by atoms with Crippen molar-refractivity contribution < 1.29 is 23.8 Å². The van der Waals surface area contributed by atoms with Crippen LogP contribution in [0.3, 0.4) is 0 Å². The molecule has 2 fully saturated rings. The molecule has 3 aliphatic rings. The zero-order chi connectivity index (χ0) is 27.4. The number of piperidine rings is 1. The normalized spacial score (nSPS) is 21.3. The number of guanidine groups is 1. The third-order valence-electron chi connectivity index (χ3n) is 7.13. The Labute approximate surface area is 226 Å². The summed E-state index contributed by atoms with van der Waals surface area (Å²) >= 11 is 0. The molecule has 0 saturated carbocycles. The third kappa shape index (κ3) is 9.57. The van der Waals surface area contributed by atoms with E-state index in [2.05, 4.69) is 27.7 Å². The van der Waals surface area contributed by atoms with E-state index in [0.29, 0.717) is 52.2 Å². The number of rotatable bonds is 9. The Kier molecular flexibility index (Phi) is 11.8. The summed E-state index contributed by atoms with van der Waals surface area (Å²) in [5.74, 6) is -0.0112. The summed E-state index contributed by atoms with van der Waals surface area (Å²) in [7, 11) is 2.01. The number of nitrogens with one attached hydrogen (secondary N) is 2. The van der Waals surface area contributed by atoms with Crippen LogP contribution < -0.4 is 10.6 Å². The number of likely N-dealkylation sites (tertiary alicyclic amines) is 1. The molecule has 2 aliphatic heterocycles. The van der Waals surface area contributed by atoms with Gasteiger partial charge in [0.05, 0.1) is 32.0 Å². The van der Waals surface area contributed by atoms with Gasteiger partial charge in [0, 0.05) is 26.2 Å². The molecule has 2 amide bonds. The molecule has 1 atom stereocenters. The minimum atomic E-state index is -0.916. The number of alkyl carbamates (subject to hydrolysis) is 1. The van der Waals surface area contributed by atoms with Crippen LogP contribution in [0, 0.1) is 11.3 Å². The van der Waals surface area contributed by atoms with Gasteiger partial charge in [-0.1, -0.05) is 11.6 Å². The number of ether oxygens (including phenoxy) is 3. The van der Waals surface area contributed by atoms with Gasteiger partial charge >= 0.3 is 6.09 Å². The summed E-state index contributed by atoms with van der Waals surface area (Å²) in [6.07, 6.45) is 7.28. The third-order valence-corrected chi connectivity index (χ3v) is 7.13. The quantitative estimate of drug-likeness (QED) is 0.200. The zero-order valence-electron chi connectivity index (χ0n) is 23.2. The van der Waals surface area contributed by atoms with Gasteiger partial charge in [0.1, 0.15) is 18.2 Å². The van der Waals surface area contributed by atoms with Crippen LogP contribution in [0.25, 0.3) is 0 Å². The first kappa shape index (κ1) is 29.9. The number of hydrogen-bond acceptors (Lipinski definition) is 8. The predicted octanol–water partition coefficient (Wildman–Crippen LogP) is 2.19. The Morgan fingerprint density at radius 2 is 1.92 bits per heavy atom. The smallest absolute Gasteiger partial charge is 0.414 e. The number of carbonyl (C=O) groups is 2. The van der Waals surface area contributed by atoms with Gasteiger partial charge in [-0.2, -0.15) is 5.26 Å². The lowest BCUT2D eigenvalue weighted by atomic mass is 9.88. The molecular weight excluding hydrogens is 488 g/mol. The Balaban J connectivity index is 1.80. The first-order valence-corrected chi connectivity index (χ1v) is 13.9. The van der Waals surface area contributed by atoms with Crippen LogP contribution in [0.4, 0.5) is 4.79 Å². The van der Waals surface area contributed by atoms with Gasteiger partial charge in [0.25, 0.3) is 0 Å². The lowest BCUT2D eigenvalue weighted by Gasteiger charge is -2.37. The van der Waals surface area contributed by atoms with E-state index in [9.17, 15) is 14.9 Å². The summed E-state index contributed by atoms with van der Waals surface area (Å²) in [6, 6.07) is 1.58. The highest BCUT2D eigenvalue weighted by atomic mass is 16.6. The minimum absolute atomic E-state index is 0.0433. The zero-order valence-corrected chi connectivity index (χ0v) is 23.2. The first-order valence-electron chi connectivity index (χ1n) is 13.9. The highest BCUT2D eigenvalue weighted by molar-refractivity contribution is 5.96. The van der Waals surface area contributed by atoms with E-state index in [1.54, 1.807) is 0 Å². The molecule has 2 N–H and O–H groups in total. The van der Waals surface area contributed by atoms with E-state index in [1.807, 2.05) is 25.8 Å². The monoisotopic (exact) mass is 532 g/mol. The topological polar surface area (TPSA) is 129 Å². The fourth-order valence-electron chi connectivity index (χ4n) is 4.78. The Hall–Kier alpha value is -2.68. The molecular formula is C27H44N6O5. The Bertz CT molecular complexity index is 885. The van der Waals surface area contributed by atoms with Crippen LogP contribution in [-0.4, -0.2) is 105 Å². The van der Waals surface area contributed by atoms with Gasteiger partial charge < -0.3 is 29.3 Å². The van der Waals surface area contributed by atoms with Crippen molar-refractivity contribution in [2.24, 2.45) is 4.99 Å². The van der Waals surface area contributed by atoms with Crippen LogP contribution in [0.15, 0.2) is 16.6 Å². The number of carbonyl (C=O) groups excluding carboxylic acids is 2. The van der Waals surface area contributed by atoms with Crippen molar-refractivity contribution in [2.45, 2.75) is 76.5 Å². The molecule has 0 spiro atoms. The molecule has 0 aromatic heterocycles. The van der Waals surface area contributed by atoms with Gasteiger partial charge in [-0.05, 0) is 65.8 Å². The molecule has 2 saturated heterocycles. The lowest BCUT2D eigenvalue weighted by Crippen LogP contribution is -2.56. The number of allylic oxidation sites excluding steroid dienone is 1. The average molecular weight is 533 g/mol. The highest BCUT2D eigenvalue weighted by Gasteiger charge is 2.37. The van der Waals surface area contributed by atoms with E-state index in [1.165, 1.54) is 5.57 Å². The van der Waals surface area contributed by atoms with Crippen LogP contribution in [0.2, 0.25) is 0 Å². The molecule has 0 radical (unpaired) electrons. The summed E-state index contributed by atoms with van der Waals surface area (Å²) in [5, 5.41) is 15.8. The summed E-state index contributed by atoms with van der Waals surface area (Å²) < 4.78 is 16.2. The van der Waals surface area contributed by atoms with Gasteiger partial charge in [-0.3, -0.25) is 10.1 Å². The highest BCUT2D eigenvalue weighted by Crippen LogP contribution is 2.25. The maximum Gasteiger partial charge on any atom is 0.414 e. The summed E-state index contributed by atoms with van der Waals surface area (Å²) in [4.78, 5) is 35.2. The second-order valence-electron chi connectivity index (χ2n) is 10.5. The number of nitriles is 1. The fourth-order valence-corrected chi connectivity index (χ4v) is 4.78. The SMILES string of the molecule is CC(C)OCCOC(=O)NC(=N[C@@H](CC1=CCCCC1)C(=O)NC1(C#N)CCN(C)CC1)N1CCOCC1. The average Bonchev–Trinajstić information content (AvgIpc) is 2.92. The Morgan fingerprint density at radius 3 is 2.55 bits per heavy atom. The second kappa shape index (κ2) is 15.0. The molecule has 11 heteroatoms. The van der Waals surface area contributed by atoms with Crippen LogP contribution in [0.5, 0.6) is 0 Å². The number of morpholine rings is 1. The van der Waals surface area contributed by atoms with Crippen molar-refractivity contribution in [3.63, 3.8) is 0 Å². The molecule has 11 nitrogen and oxygen atoms in total. The number of nitrogens with zero attached hydrogens (tertiary/aromatic N) is 4. The number of hydrogen-bond donors (Lipinski definition) is 2. The maximum absolute atomic E-state index is 13.7. The molecule has 0 unspecified atom stereocenters. The number of aliphatic imine (C=N–C) groups is 1. The van der Waals surface area contributed by atoms with Crippen LogP contribution >= 0.6 is 0 Å². The van der Waals surface area contributed by atoms with Gasteiger partial charge in [0.15, 0.2) is 0 Å². The van der Waals surface area contributed by atoms with E-state index in [0.717, 1.165) is 38.8 Å². The van der Waals surface area contributed by atoms with E-state index >= 15 is 0 Å². The van der Waals surface area contributed by atoms with Crippen molar-refractivity contribution in [1.29, 1.82) is 5.26 Å². The van der Waals surface area contributed by atoms with Crippen molar-refractivity contribution in [3.8, 4) is 6.07 Å². The van der Waals surface area contributed by atoms with Crippen molar-refractivity contribution in [1.82, 2.24) is 20.4 Å². The van der Waals surface area contributed by atoms with E-state index in [4.69, 9.17) is 19.2 Å². The predicted molar refractivity (Wildman–Crippen MR) is 144 cm³/mol. The van der Waals surface area contributed by atoms with Gasteiger partial charge in [0.2, 0.25) is 11.9 Å². The molecule has 0 aromatic carbocycles. The fraction of sp³-hybridized carbons (Fsp3) is 0.778. The van der Waals surface area contributed by atoms with Crippen molar-refractivity contribution >= 4 is 18.0 Å². The standard InChI is InChI=1S/C27H44N6O5/c1-21(2)37-17-18-38-26(35)30-25(33-13-15-36-16-14-33)29-23(19-22-7-5-4-6-8-22)24(34)31-27(20-28)9-11-32(3)12-10-27/h7,21,23H,4-6,8-19H2,1-3H3,(H,31,34)(H,29,30,35)/t23-/m0/s1. The van der Waals surface area contributed by atoms with Gasteiger partial charge in [-0.15, -0.1) is 0 Å². The molecule has 212 valence electrons. The lowest BCUT2D eigenvalue weighted by molar-refractivity contribution is -0.124. The van der Waals surface area contributed by atoms with Crippen LogP contribution in [-0.2, 0) is 19.0 Å². The summed E-state index contributed by atoms with van der Waals surface area (Å²) in [5.41, 5.74) is 0.268. The molecule has 3 rings (SSSR count). The maximum atomic E-state index is 13.7. The molecule has 38 heavy (non-hydrogen) atoms. The van der Waals surface area contributed by atoms with E-state index in [-0.39, 0.29) is 24.6 Å². The molecule has 2 heterocycles. The second-order valence-corrected chi connectivity index (χ2v) is 10.5. The Morgan fingerprint density at radius 1 is 1.18 bits per heavy atom. The van der Waals surface area contributed by atoms with Crippen LogP contribution in [0.1, 0.15) is 58.8 Å². The minimum Gasteiger partial charge on any atom is -0.447 e. The van der Waals surface area contributed by atoms with Crippen molar-refractivity contribution in [3.05, 3.63) is 11.6 Å². The van der Waals surface area contributed by atoms with E-state index < -0.39 is 17.7 Å². The van der Waals surface area contributed by atoms with Crippen molar-refractivity contribution in [2.75, 3.05) is 59.7 Å². The number of amides is 2. The largest absolute Gasteiger partial charge is 0.447 e. The summed E-state index contributed by atoms with van der Waals surface area (Å²) in [6.45, 7) is 7.74. The molecule has 1 aliphatic carbocycles. The molecule has 0 bridgehead atoms.